The zero-order chi connectivity index (χ0) is 18.2. The Hall–Kier alpha value is -1.92. The molecule has 1 atom stereocenters. The Morgan fingerprint density at radius 3 is 2.72 bits per heavy atom. The van der Waals surface area contributed by atoms with Crippen molar-refractivity contribution in [2.24, 2.45) is 11.1 Å². The fraction of sp³-hybridized carbons (Fsp3) is 0.500. The number of likely N-dealkylation sites (tertiary alicyclic amines) is 1. The third-order valence-corrected chi connectivity index (χ3v) is 5.08. The van der Waals surface area contributed by atoms with Crippen LogP contribution >= 0.6 is 11.6 Å². The number of halogens is 1. The molecule has 1 amide bonds. The normalized spacial score (nSPS) is 20.5. The summed E-state index contributed by atoms with van der Waals surface area (Å²) in [5.74, 6) is 0.894. The van der Waals surface area contributed by atoms with Crippen LogP contribution in [0.25, 0.3) is 5.69 Å². The van der Waals surface area contributed by atoms with Gasteiger partial charge in [0.05, 0.1) is 10.7 Å². The van der Waals surface area contributed by atoms with E-state index in [4.69, 9.17) is 17.3 Å². The van der Waals surface area contributed by atoms with E-state index >= 15 is 0 Å². The zero-order valence-electron chi connectivity index (χ0n) is 14.9. The van der Waals surface area contributed by atoms with E-state index in [9.17, 15) is 4.79 Å². The van der Waals surface area contributed by atoms with Crippen LogP contribution in [0.2, 0.25) is 5.02 Å². The fourth-order valence-corrected chi connectivity index (χ4v) is 3.31. The number of amides is 1. The summed E-state index contributed by atoms with van der Waals surface area (Å²) in [6, 6.07) is 7.43. The van der Waals surface area contributed by atoms with Gasteiger partial charge in [-0.05, 0) is 30.5 Å². The number of aromatic nitrogens is 3. The highest BCUT2D eigenvalue weighted by Crippen LogP contribution is 2.30. The standard InChI is InChI=1S/C18H24ClN5O/c1-12(2)16-21-15(17(25)23-9-8-18(3,10-20)11-23)22-24(16)14-7-5-4-6-13(14)19/h4-7,12H,8-11,20H2,1-3H3. The Bertz CT molecular complexity index is 788. The van der Waals surface area contributed by atoms with Gasteiger partial charge in [0.25, 0.3) is 5.91 Å². The number of nitrogens with zero attached hydrogens (tertiary/aromatic N) is 4. The van der Waals surface area contributed by atoms with Gasteiger partial charge in [-0.2, -0.15) is 0 Å². The number of para-hydroxylation sites is 1. The molecule has 2 aromatic rings. The first kappa shape index (κ1) is 17.9. The monoisotopic (exact) mass is 361 g/mol. The molecule has 0 aliphatic carbocycles. The molecule has 0 saturated carbocycles. The highest BCUT2D eigenvalue weighted by Gasteiger charge is 2.36. The summed E-state index contributed by atoms with van der Waals surface area (Å²) in [6.45, 7) is 8.04. The molecule has 6 nitrogen and oxygen atoms in total. The van der Waals surface area contributed by atoms with E-state index < -0.39 is 0 Å². The van der Waals surface area contributed by atoms with Crippen LogP contribution in [0, 0.1) is 5.41 Å². The maximum absolute atomic E-state index is 12.9. The molecular formula is C18H24ClN5O. The van der Waals surface area contributed by atoms with Crippen molar-refractivity contribution < 1.29 is 4.79 Å². The van der Waals surface area contributed by atoms with Gasteiger partial charge in [0.2, 0.25) is 5.82 Å². The lowest BCUT2D eigenvalue weighted by Gasteiger charge is -2.21. The van der Waals surface area contributed by atoms with Gasteiger partial charge >= 0.3 is 0 Å². The molecule has 1 aromatic heterocycles. The SMILES string of the molecule is CC(C)c1nc(C(=O)N2CCC(C)(CN)C2)nn1-c1ccccc1Cl. The van der Waals surface area contributed by atoms with Gasteiger partial charge in [0.1, 0.15) is 5.82 Å². The van der Waals surface area contributed by atoms with Crippen molar-refractivity contribution in [1.29, 1.82) is 0 Å². The van der Waals surface area contributed by atoms with E-state index in [1.54, 1.807) is 15.6 Å². The van der Waals surface area contributed by atoms with Crippen LogP contribution in [0.5, 0.6) is 0 Å². The summed E-state index contributed by atoms with van der Waals surface area (Å²) in [5, 5.41) is 5.05. The van der Waals surface area contributed by atoms with Crippen LogP contribution in [0.4, 0.5) is 0 Å². The molecule has 2 heterocycles. The van der Waals surface area contributed by atoms with E-state index in [1.807, 2.05) is 32.0 Å². The Morgan fingerprint density at radius 1 is 1.40 bits per heavy atom. The predicted octanol–water partition coefficient (Wildman–Crippen LogP) is 2.86. The number of hydrogen-bond donors (Lipinski definition) is 1. The van der Waals surface area contributed by atoms with E-state index in [-0.39, 0.29) is 23.1 Å². The molecule has 2 N–H and O–H groups in total. The minimum Gasteiger partial charge on any atom is -0.335 e. The van der Waals surface area contributed by atoms with E-state index in [2.05, 4.69) is 17.0 Å². The number of hydrogen-bond acceptors (Lipinski definition) is 4. The highest BCUT2D eigenvalue weighted by molar-refractivity contribution is 6.32. The Balaban J connectivity index is 1.95. The van der Waals surface area contributed by atoms with Crippen molar-refractivity contribution in [1.82, 2.24) is 19.7 Å². The van der Waals surface area contributed by atoms with Gasteiger partial charge in [-0.15, -0.1) is 5.10 Å². The summed E-state index contributed by atoms with van der Waals surface area (Å²) in [6.07, 6.45) is 0.900. The fourth-order valence-electron chi connectivity index (χ4n) is 3.09. The third kappa shape index (κ3) is 3.41. The van der Waals surface area contributed by atoms with Gasteiger partial charge < -0.3 is 10.6 Å². The average Bonchev–Trinajstić information content (AvgIpc) is 3.20. The second-order valence-electron chi connectivity index (χ2n) is 7.30. The molecule has 1 aliphatic rings. The van der Waals surface area contributed by atoms with Crippen molar-refractivity contribution in [2.45, 2.75) is 33.1 Å². The number of carbonyl (C=O) groups is 1. The average molecular weight is 362 g/mol. The molecule has 1 fully saturated rings. The van der Waals surface area contributed by atoms with Crippen LogP contribution in [0.15, 0.2) is 24.3 Å². The molecule has 1 aliphatic heterocycles. The summed E-state index contributed by atoms with van der Waals surface area (Å²) in [4.78, 5) is 19.2. The van der Waals surface area contributed by atoms with Crippen LogP contribution in [0.1, 0.15) is 49.6 Å². The molecule has 1 saturated heterocycles. The Morgan fingerprint density at radius 2 is 2.12 bits per heavy atom. The summed E-state index contributed by atoms with van der Waals surface area (Å²) in [7, 11) is 0. The number of rotatable bonds is 4. The van der Waals surface area contributed by atoms with Gasteiger partial charge in [-0.3, -0.25) is 4.79 Å². The van der Waals surface area contributed by atoms with Crippen molar-refractivity contribution in [2.75, 3.05) is 19.6 Å². The predicted molar refractivity (Wildman–Crippen MR) is 98.1 cm³/mol. The van der Waals surface area contributed by atoms with Gasteiger partial charge in [-0.25, -0.2) is 9.67 Å². The zero-order valence-corrected chi connectivity index (χ0v) is 15.6. The third-order valence-electron chi connectivity index (χ3n) is 4.76. The van der Waals surface area contributed by atoms with Gasteiger partial charge in [0, 0.05) is 19.0 Å². The minimum atomic E-state index is -0.148. The molecular weight excluding hydrogens is 338 g/mol. The second kappa shape index (κ2) is 6.77. The van der Waals surface area contributed by atoms with Crippen molar-refractivity contribution in [3.63, 3.8) is 0 Å². The largest absolute Gasteiger partial charge is 0.335 e. The number of carbonyl (C=O) groups excluding carboxylic acids is 1. The highest BCUT2D eigenvalue weighted by atomic mass is 35.5. The van der Waals surface area contributed by atoms with Crippen LogP contribution in [-0.2, 0) is 0 Å². The smallest absolute Gasteiger partial charge is 0.293 e. The molecule has 0 bridgehead atoms. The van der Waals surface area contributed by atoms with Crippen molar-refractivity contribution in [3.05, 3.63) is 40.9 Å². The molecule has 3 rings (SSSR count). The number of benzene rings is 1. The molecule has 7 heteroatoms. The molecule has 134 valence electrons. The molecule has 25 heavy (non-hydrogen) atoms. The topological polar surface area (TPSA) is 77.0 Å². The van der Waals surface area contributed by atoms with E-state index in [1.165, 1.54) is 0 Å². The summed E-state index contributed by atoms with van der Waals surface area (Å²) < 4.78 is 1.68. The maximum atomic E-state index is 12.9. The van der Waals surface area contributed by atoms with Crippen LogP contribution in [0.3, 0.4) is 0 Å². The Kier molecular flexibility index (Phi) is 4.84. The molecule has 1 unspecified atom stereocenters. The Labute approximate surface area is 153 Å². The van der Waals surface area contributed by atoms with Crippen LogP contribution in [-0.4, -0.2) is 45.2 Å². The lowest BCUT2D eigenvalue weighted by Crippen LogP contribution is -2.35. The molecule has 0 radical (unpaired) electrons. The first-order valence-electron chi connectivity index (χ1n) is 8.56. The lowest BCUT2D eigenvalue weighted by molar-refractivity contribution is 0.0765. The van der Waals surface area contributed by atoms with Crippen molar-refractivity contribution in [3.8, 4) is 5.69 Å². The first-order valence-corrected chi connectivity index (χ1v) is 8.93. The summed E-state index contributed by atoms with van der Waals surface area (Å²) >= 11 is 6.31. The van der Waals surface area contributed by atoms with Crippen molar-refractivity contribution >= 4 is 17.5 Å². The second-order valence-corrected chi connectivity index (χ2v) is 7.71. The summed E-state index contributed by atoms with van der Waals surface area (Å²) in [5.41, 5.74) is 6.55. The van der Waals surface area contributed by atoms with Crippen LogP contribution < -0.4 is 5.73 Å². The number of nitrogens with two attached hydrogens (primary N) is 1. The maximum Gasteiger partial charge on any atom is 0.293 e. The van der Waals surface area contributed by atoms with Gasteiger partial charge in [-0.1, -0.05) is 44.5 Å². The first-order chi connectivity index (χ1) is 11.8. The minimum absolute atomic E-state index is 0.0260. The van der Waals surface area contributed by atoms with E-state index in [0.717, 1.165) is 17.9 Å². The molecule has 0 spiro atoms. The quantitative estimate of drug-likeness (QED) is 0.908. The lowest BCUT2D eigenvalue weighted by atomic mass is 9.90. The van der Waals surface area contributed by atoms with E-state index in [0.29, 0.717) is 24.7 Å². The van der Waals surface area contributed by atoms with Gasteiger partial charge in [0.15, 0.2) is 0 Å². The molecule has 1 aromatic carbocycles.